The highest BCUT2D eigenvalue weighted by molar-refractivity contribution is 9.10. The predicted molar refractivity (Wildman–Crippen MR) is 63.4 cm³/mol. The maximum absolute atomic E-state index is 5.45. The Kier molecular flexibility index (Phi) is 2.52. The van der Waals surface area contributed by atoms with Gasteiger partial charge in [-0.3, -0.25) is 0 Å². The average molecular weight is 270 g/mol. The molecule has 0 unspecified atom stereocenters. The standard InChI is InChI=1S/C9H8BrN3S/c10-7-2-1-3-13-5-6(4-8(11)14)12-9(7)13/h1-3,5H,4H2,(H2,11,14). The Labute approximate surface area is 95.1 Å². The van der Waals surface area contributed by atoms with Gasteiger partial charge in [-0.2, -0.15) is 0 Å². The summed E-state index contributed by atoms with van der Waals surface area (Å²) in [6.07, 6.45) is 4.42. The van der Waals surface area contributed by atoms with Gasteiger partial charge in [-0.25, -0.2) is 4.98 Å². The first kappa shape index (κ1) is 9.61. The molecule has 5 heteroatoms. The van der Waals surface area contributed by atoms with Crippen LogP contribution in [0.15, 0.2) is 29.0 Å². The Morgan fingerprint density at radius 3 is 3.07 bits per heavy atom. The smallest absolute Gasteiger partial charge is 0.151 e. The van der Waals surface area contributed by atoms with Gasteiger partial charge in [0, 0.05) is 18.8 Å². The lowest BCUT2D eigenvalue weighted by molar-refractivity contribution is 1.17. The molecule has 0 radical (unpaired) electrons. The third kappa shape index (κ3) is 1.78. The fourth-order valence-electron chi connectivity index (χ4n) is 1.29. The molecule has 0 atom stereocenters. The van der Waals surface area contributed by atoms with Crippen LogP contribution in [0.25, 0.3) is 5.65 Å². The van der Waals surface area contributed by atoms with Crippen LogP contribution in [0.3, 0.4) is 0 Å². The number of fused-ring (bicyclic) bond motifs is 1. The molecule has 2 heterocycles. The highest BCUT2D eigenvalue weighted by Crippen LogP contribution is 2.16. The van der Waals surface area contributed by atoms with Crippen molar-refractivity contribution < 1.29 is 0 Å². The summed E-state index contributed by atoms with van der Waals surface area (Å²) < 4.78 is 2.91. The van der Waals surface area contributed by atoms with Crippen LogP contribution in [0, 0.1) is 0 Å². The number of hydrogen-bond donors (Lipinski definition) is 1. The van der Waals surface area contributed by atoms with Crippen LogP contribution < -0.4 is 5.73 Å². The molecule has 72 valence electrons. The second-order valence-electron chi connectivity index (χ2n) is 2.96. The molecule has 0 bridgehead atoms. The van der Waals surface area contributed by atoms with Crippen LogP contribution in [0.5, 0.6) is 0 Å². The monoisotopic (exact) mass is 269 g/mol. The molecule has 14 heavy (non-hydrogen) atoms. The summed E-state index contributed by atoms with van der Waals surface area (Å²) in [5.74, 6) is 0. The quantitative estimate of drug-likeness (QED) is 0.848. The summed E-state index contributed by atoms with van der Waals surface area (Å²) in [5, 5.41) is 0. The van der Waals surface area contributed by atoms with Crippen molar-refractivity contribution >= 4 is 38.8 Å². The highest BCUT2D eigenvalue weighted by atomic mass is 79.9. The van der Waals surface area contributed by atoms with Gasteiger partial charge in [0.1, 0.15) is 0 Å². The summed E-state index contributed by atoms with van der Waals surface area (Å²) in [7, 11) is 0. The molecule has 0 aliphatic heterocycles. The van der Waals surface area contributed by atoms with Gasteiger partial charge >= 0.3 is 0 Å². The minimum atomic E-state index is 0.463. The van der Waals surface area contributed by atoms with E-state index in [0.717, 1.165) is 15.8 Å². The van der Waals surface area contributed by atoms with Crippen molar-refractivity contribution in [1.29, 1.82) is 0 Å². The summed E-state index contributed by atoms with van der Waals surface area (Å²) in [4.78, 5) is 4.86. The van der Waals surface area contributed by atoms with Gasteiger partial charge in [-0.05, 0) is 28.1 Å². The molecule has 0 aliphatic carbocycles. The fraction of sp³-hybridized carbons (Fsp3) is 0.111. The second kappa shape index (κ2) is 3.67. The molecule has 2 N–H and O–H groups in total. The second-order valence-corrected chi connectivity index (χ2v) is 4.34. The lowest BCUT2D eigenvalue weighted by atomic mass is 10.3. The third-order valence-corrected chi connectivity index (χ3v) is 2.60. The highest BCUT2D eigenvalue weighted by Gasteiger charge is 2.04. The Morgan fingerprint density at radius 1 is 1.64 bits per heavy atom. The first-order chi connectivity index (χ1) is 6.66. The van der Waals surface area contributed by atoms with E-state index in [1.54, 1.807) is 0 Å². The minimum absolute atomic E-state index is 0.463. The van der Waals surface area contributed by atoms with Crippen LogP contribution >= 0.6 is 28.1 Å². The number of hydrogen-bond acceptors (Lipinski definition) is 2. The van der Waals surface area contributed by atoms with Crippen molar-refractivity contribution in [2.24, 2.45) is 5.73 Å². The number of nitrogens with two attached hydrogens (primary N) is 1. The molecule has 0 aliphatic rings. The van der Waals surface area contributed by atoms with Gasteiger partial charge in [0.2, 0.25) is 0 Å². The molecule has 0 spiro atoms. The van der Waals surface area contributed by atoms with Crippen molar-refractivity contribution in [3.8, 4) is 0 Å². The number of nitrogens with zero attached hydrogens (tertiary/aromatic N) is 2. The van der Waals surface area contributed by atoms with Gasteiger partial charge in [-0.1, -0.05) is 12.2 Å². The van der Waals surface area contributed by atoms with Crippen molar-refractivity contribution in [1.82, 2.24) is 9.38 Å². The number of thiocarbonyl (C=S) groups is 1. The summed E-state index contributed by atoms with van der Waals surface area (Å²) in [6, 6.07) is 3.90. The molecular formula is C9H8BrN3S. The molecule has 0 fully saturated rings. The van der Waals surface area contributed by atoms with E-state index >= 15 is 0 Å². The number of imidazole rings is 1. The molecule has 2 aromatic rings. The first-order valence-corrected chi connectivity index (χ1v) is 5.27. The lowest BCUT2D eigenvalue weighted by Gasteiger charge is -1.92. The third-order valence-electron chi connectivity index (χ3n) is 1.84. The zero-order valence-corrected chi connectivity index (χ0v) is 9.68. The van der Waals surface area contributed by atoms with Crippen molar-refractivity contribution in [2.45, 2.75) is 6.42 Å². The summed E-state index contributed by atoms with van der Waals surface area (Å²) in [5.41, 5.74) is 7.24. The fourth-order valence-corrected chi connectivity index (χ4v) is 1.89. The molecule has 0 amide bonds. The van der Waals surface area contributed by atoms with Gasteiger partial charge < -0.3 is 10.1 Å². The van der Waals surface area contributed by atoms with E-state index < -0.39 is 0 Å². The van der Waals surface area contributed by atoms with Crippen molar-refractivity contribution in [2.75, 3.05) is 0 Å². The van der Waals surface area contributed by atoms with Crippen LogP contribution in [0.1, 0.15) is 5.69 Å². The number of pyridine rings is 1. The topological polar surface area (TPSA) is 43.3 Å². The van der Waals surface area contributed by atoms with Crippen LogP contribution in [-0.2, 0) is 6.42 Å². The number of halogens is 1. The average Bonchev–Trinajstić information content (AvgIpc) is 2.47. The van der Waals surface area contributed by atoms with E-state index in [1.807, 2.05) is 28.9 Å². The Balaban J connectivity index is 2.51. The van der Waals surface area contributed by atoms with Gasteiger partial charge in [-0.15, -0.1) is 0 Å². The van der Waals surface area contributed by atoms with Gasteiger partial charge in [0.25, 0.3) is 0 Å². The largest absolute Gasteiger partial charge is 0.393 e. The first-order valence-electron chi connectivity index (χ1n) is 4.07. The Morgan fingerprint density at radius 2 is 2.43 bits per heavy atom. The van der Waals surface area contributed by atoms with Crippen molar-refractivity contribution in [3.63, 3.8) is 0 Å². The van der Waals surface area contributed by atoms with Gasteiger partial charge in [0.05, 0.1) is 15.2 Å². The van der Waals surface area contributed by atoms with E-state index in [1.165, 1.54) is 0 Å². The Hall–Kier alpha value is -0.940. The van der Waals surface area contributed by atoms with E-state index in [9.17, 15) is 0 Å². The molecule has 0 aromatic carbocycles. The number of aromatic nitrogens is 2. The van der Waals surface area contributed by atoms with Crippen LogP contribution in [-0.4, -0.2) is 14.4 Å². The zero-order valence-electron chi connectivity index (χ0n) is 7.27. The van der Waals surface area contributed by atoms with Crippen LogP contribution in [0.2, 0.25) is 0 Å². The SMILES string of the molecule is NC(=S)Cc1cn2cccc(Br)c2n1. The van der Waals surface area contributed by atoms with E-state index in [-0.39, 0.29) is 0 Å². The molecule has 2 aromatic heterocycles. The summed E-state index contributed by atoms with van der Waals surface area (Å²) >= 11 is 8.26. The molecule has 0 saturated carbocycles. The molecule has 3 nitrogen and oxygen atoms in total. The molecular weight excluding hydrogens is 262 g/mol. The van der Waals surface area contributed by atoms with Crippen molar-refractivity contribution in [3.05, 3.63) is 34.7 Å². The van der Waals surface area contributed by atoms with E-state index in [4.69, 9.17) is 18.0 Å². The molecule has 2 rings (SSSR count). The Bertz CT molecular complexity index is 492. The van der Waals surface area contributed by atoms with Crippen LogP contribution in [0.4, 0.5) is 0 Å². The minimum Gasteiger partial charge on any atom is -0.393 e. The summed E-state index contributed by atoms with van der Waals surface area (Å²) in [6.45, 7) is 0. The van der Waals surface area contributed by atoms with E-state index in [0.29, 0.717) is 11.4 Å². The normalized spacial score (nSPS) is 10.6. The lowest BCUT2D eigenvalue weighted by Crippen LogP contribution is -2.11. The maximum atomic E-state index is 5.45. The zero-order chi connectivity index (χ0) is 10.1. The predicted octanol–water partition coefficient (Wildman–Crippen LogP) is 1.93. The van der Waals surface area contributed by atoms with Gasteiger partial charge in [0.15, 0.2) is 5.65 Å². The number of rotatable bonds is 2. The maximum Gasteiger partial charge on any atom is 0.151 e. The molecule has 0 saturated heterocycles. The van der Waals surface area contributed by atoms with E-state index in [2.05, 4.69) is 20.9 Å².